The summed E-state index contributed by atoms with van der Waals surface area (Å²) in [4.78, 5) is 2.32. The molecule has 4 rings (SSSR count). The van der Waals surface area contributed by atoms with Gasteiger partial charge in [-0.3, -0.25) is 0 Å². The Morgan fingerprint density at radius 2 is 1.39 bits per heavy atom. The number of nitrogens with two attached hydrogens (primary N) is 1. The van der Waals surface area contributed by atoms with Gasteiger partial charge in [-0.25, -0.2) is 0 Å². The molecule has 3 aromatic carbocycles. The molecule has 3 N–H and O–H groups in total. The van der Waals surface area contributed by atoms with Gasteiger partial charge >= 0.3 is 0 Å². The second-order valence-corrected chi connectivity index (χ2v) is 8.09. The van der Waals surface area contributed by atoms with E-state index < -0.39 is 6.10 Å². The van der Waals surface area contributed by atoms with Crippen LogP contribution in [0.15, 0.2) is 78.9 Å². The van der Waals surface area contributed by atoms with Crippen molar-refractivity contribution in [2.45, 2.75) is 24.9 Å². The number of ether oxygens (including phenoxy) is 2. The normalized spacial score (nSPS) is 15.1. The van der Waals surface area contributed by atoms with Crippen molar-refractivity contribution in [1.82, 2.24) is 4.90 Å². The molecule has 0 saturated carbocycles. The topological polar surface area (TPSA) is 68.0 Å². The summed E-state index contributed by atoms with van der Waals surface area (Å²) < 4.78 is 11.6. The van der Waals surface area contributed by atoms with E-state index in [1.165, 1.54) is 5.56 Å². The fourth-order valence-electron chi connectivity index (χ4n) is 3.99. The van der Waals surface area contributed by atoms with Gasteiger partial charge in [-0.2, -0.15) is 0 Å². The van der Waals surface area contributed by atoms with E-state index >= 15 is 0 Å². The quantitative estimate of drug-likeness (QED) is 0.406. The van der Waals surface area contributed by atoms with Gasteiger partial charge in [0.2, 0.25) is 0 Å². The van der Waals surface area contributed by atoms with E-state index in [0.29, 0.717) is 18.2 Å². The standard InChI is InChI=1S/C26H30N2O3.2ClH/c27-22-8-12-24(13-9-22)30-19-23(29)18-28-16-14-21(15-17-28)20-6-10-26(11-7-20)31-25-4-2-1-3-5-25;;/h1-13,21,23,29H,14-19,27H2;2*1H. The smallest absolute Gasteiger partial charge is 0.127 e. The van der Waals surface area contributed by atoms with Crippen LogP contribution >= 0.6 is 24.8 Å². The molecule has 3 aromatic rings. The lowest BCUT2D eigenvalue weighted by atomic mass is 9.89. The monoisotopic (exact) mass is 490 g/mol. The molecule has 33 heavy (non-hydrogen) atoms. The molecule has 1 fully saturated rings. The van der Waals surface area contributed by atoms with Gasteiger partial charge in [0.25, 0.3) is 0 Å². The number of nitrogens with zero attached hydrogens (tertiary/aromatic N) is 1. The van der Waals surface area contributed by atoms with Crippen molar-refractivity contribution in [2.75, 3.05) is 32.0 Å². The highest BCUT2D eigenvalue weighted by Crippen LogP contribution is 2.30. The van der Waals surface area contributed by atoms with Crippen LogP contribution in [0.2, 0.25) is 0 Å². The molecule has 0 amide bonds. The summed E-state index contributed by atoms with van der Waals surface area (Å²) >= 11 is 0. The maximum atomic E-state index is 10.3. The van der Waals surface area contributed by atoms with Crippen molar-refractivity contribution < 1.29 is 14.6 Å². The molecule has 0 radical (unpaired) electrons. The van der Waals surface area contributed by atoms with Crippen LogP contribution in [-0.2, 0) is 0 Å². The molecule has 0 spiro atoms. The van der Waals surface area contributed by atoms with Crippen LogP contribution in [0.3, 0.4) is 0 Å². The Labute approximate surface area is 208 Å². The average molecular weight is 491 g/mol. The number of aliphatic hydroxyl groups is 1. The second-order valence-electron chi connectivity index (χ2n) is 8.09. The van der Waals surface area contributed by atoms with E-state index in [2.05, 4.69) is 17.0 Å². The van der Waals surface area contributed by atoms with Crippen molar-refractivity contribution in [1.29, 1.82) is 0 Å². The Morgan fingerprint density at radius 1 is 0.818 bits per heavy atom. The van der Waals surface area contributed by atoms with Gasteiger partial charge in [0.15, 0.2) is 0 Å². The lowest BCUT2D eigenvalue weighted by Crippen LogP contribution is -2.40. The van der Waals surface area contributed by atoms with Crippen molar-refractivity contribution in [2.24, 2.45) is 0 Å². The highest BCUT2D eigenvalue weighted by molar-refractivity contribution is 5.85. The minimum absolute atomic E-state index is 0. The summed E-state index contributed by atoms with van der Waals surface area (Å²) in [6.07, 6.45) is 1.66. The number of para-hydroxylation sites is 1. The molecular formula is C26H32Cl2N2O3. The van der Waals surface area contributed by atoms with Crippen LogP contribution in [0.1, 0.15) is 24.3 Å². The molecule has 1 aliphatic rings. The number of halogens is 2. The van der Waals surface area contributed by atoms with Gasteiger partial charge in [0.05, 0.1) is 0 Å². The molecule has 0 aliphatic carbocycles. The van der Waals surface area contributed by atoms with E-state index in [4.69, 9.17) is 15.2 Å². The highest BCUT2D eigenvalue weighted by Gasteiger charge is 2.22. The number of β-amino-alcohol motifs (C(OH)–C–C–N with tert-alkyl or cyclic N) is 1. The molecule has 7 heteroatoms. The number of hydrogen-bond donors (Lipinski definition) is 2. The first kappa shape index (κ1) is 26.8. The molecule has 1 heterocycles. The second kappa shape index (κ2) is 13.3. The zero-order valence-electron chi connectivity index (χ0n) is 18.5. The third-order valence-electron chi connectivity index (χ3n) is 5.71. The van der Waals surface area contributed by atoms with Crippen LogP contribution < -0.4 is 15.2 Å². The number of rotatable bonds is 8. The van der Waals surface area contributed by atoms with Gasteiger partial charge < -0.3 is 25.2 Å². The van der Waals surface area contributed by atoms with Gasteiger partial charge in [0, 0.05) is 12.2 Å². The van der Waals surface area contributed by atoms with E-state index in [0.717, 1.165) is 43.2 Å². The van der Waals surface area contributed by atoms with Crippen LogP contribution in [0, 0.1) is 0 Å². The number of aliphatic hydroxyl groups excluding tert-OH is 1. The van der Waals surface area contributed by atoms with Crippen molar-refractivity contribution >= 4 is 30.5 Å². The number of anilines is 1. The van der Waals surface area contributed by atoms with Crippen LogP contribution in [0.5, 0.6) is 17.2 Å². The van der Waals surface area contributed by atoms with Crippen LogP contribution in [-0.4, -0.2) is 42.4 Å². The number of benzene rings is 3. The Balaban J connectivity index is 0.00000193. The van der Waals surface area contributed by atoms with E-state index in [9.17, 15) is 5.11 Å². The van der Waals surface area contributed by atoms with Gasteiger partial charge in [0.1, 0.15) is 30.0 Å². The molecule has 1 saturated heterocycles. The Hall–Kier alpha value is -2.44. The zero-order chi connectivity index (χ0) is 21.5. The first-order valence-corrected chi connectivity index (χ1v) is 10.9. The minimum Gasteiger partial charge on any atom is -0.491 e. The van der Waals surface area contributed by atoms with E-state index in [1.807, 2.05) is 54.6 Å². The molecule has 0 aromatic heterocycles. The molecule has 1 atom stereocenters. The fraction of sp³-hybridized carbons (Fsp3) is 0.308. The van der Waals surface area contributed by atoms with E-state index in [-0.39, 0.29) is 31.4 Å². The van der Waals surface area contributed by atoms with Gasteiger partial charge in [-0.15, -0.1) is 24.8 Å². The molecule has 0 bridgehead atoms. The predicted octanol–water partition coefficient (Wildman–Crippen LogP) is 5.52. The number of piperidine rings is 1. The summed E-state index contributed by atoms with van der Waals surface area (Å²) in [7, 11) is 0. The maximum absolute atomic E-state index is 10.3. The summed E-state index contributed by atoms with van der Waals surface area (Å²) in [5.41, 5.74) is 7.74. The minimum atomic E-state index is -0.511. The fourth-order valence-corrected chi connectivity index (χ4v) is 3.99. The Bertz CT molecular complexity index is 932. The molecular weight excluding hydrogens is 459 g/mol. The van der Waals surface area contributed by atoms with Gasteiger partial charge in [-0.1, -0.05) is 30.3 Å². The van der Waals surface area contributed by atoms with Crippen LogP contribution in [0.25, 0.3) is 0 Å². The Morgan fingerprint density at radius 3 is 2.03 bits per heavy atom. The highest BCUT2D eigenvalue weighted by atomic mass is 35.5. The van der Waals surface area contributed by atoms with E-state index in [1.54, 1.807) is 12.1 Å². The summed E-state index contributed by atoms with van der Waals surface area (Å²) in [6.45, 7) is 2.87. The number of nitrogen functional groups attached to an aromatic ring is 1. The first-order chi connectivity index (χ1) is 15.2. The van der Waals surface area contributed by atoms with Crippen molar-refractivity contribution in [3.63, 3.8) is 0 Å². The number of likely N-dealkylation sites (tertiary alicyclic amines) is 1. The lowest BCUT2D eigenvalue weighted by Gasteiger charge is -2.33. The largest absolute Gasteiger partial charge is 0.491 e. The molecule has 1 aliphatic heterocycles. The number of hydrogen-bond acceptors (Lipinski definition) is 5. The van der Waals surface area contributed by atoms with Crippen molar-refractivity contribution in [3.8, 4) is 17.2 Å². The lowest BCUT2D eigenvalue weighted by molar-refractivity contribution is 0.0594. The third-order valence-corrected chi connectivity index (χ3v) is 5.71. The molecule has 178 valence electrons. The summed E-state index contributed by atoms with van der Waals surface area (Å²) in [6, 6.07) is 25.5. The maximum Gasteiger partial charge on any atom is 0.127 e. The molecule has 1 unspecified atom stereocenters. The Kier molecular flexibility index (Phi) is 10.8. The molecule has 5 nitrogen and oxygen atoms in total. The summed E-state index contributed by atoms with van der Waals surface area (Å²) in [5, 5.41) is 10.3. The average Bonchev–Trinajstić information content (AvgIpc) is 2.80. The van der Waals surface area contributed by atoms with Gasteiger partial charge in [-0.05, 0) is 85.9 Å². The zero-order valence-corrected chi connectivity index (χ0v) is 20.1. The van der Waals surface area contributed by atoms with Crippen LogP contribution in [0.4, 0.5) is 5.69 Å². The van der Waals surface area contributed by atoms with Crippen molar-refractivity contribution in [3.05, 3.63) is 84.4 Å². The first-order valence-electron chi connectivity index (χ1n) is 10.9. The SMILES string of the molecule is Cl.Cl.Nc1ccc(OCC(O)CN2CCC(c3ccc(Oc4ccccc4)cc3)CC2)cc1. The third kappa shape index (κ3) is 8.13. The summed E-state index contributed by atoms with van der Waals surface area (Å²) in [5.74, 6) is 2.98. The predicted molar refractivity (Wildman–Crippen MR) is 138 cm³/mol.